The van der Waals surface area contributed by atoms with E-state index < -0.39 is 16.0 Å². The van der Waals surface area contributed by atoms with Gasteiger partial charge in [0.25, 0.3) is 11.7 Å². The fourth-order valence-corrected chi connectivity index (χ4v) is 0.553. The van der Waals surface area contributed by atoms with Gasteiger partial charge in [-0.1, -0.05) is 23.2 Å². The lowest BCUT2D eigenvalue weighted by molar-refractivity contribution is -0.143. The molecule has 0 spiro atoms. The van der Waals surface area contributed by atoms with E-state index in [1.165, 1.54) is 21.0 Å². The first-order valence-electron chi connectivity index (χ1n) is 2.90. The molecule has 0 aromatic heterocycles. The number of carbonyl (C=O) groups is 2. The fourth-order valence-electron chi connectivity index (χ4n) is 0.391. The highest BCUT2D eigenvalue weighted by Crippen LogP contribution is 2.21. The van der Waals surface area contributed by atoms with Crippen LogP contribution in [0.4, 0.5) is 0 Å². The van der Waals surface area contributed by atoms with E-state index >= 15 is 0 Å². The van der Waals surface area contributed by atoms with Gasteiger partial charge >= 0.3 is 0 Å². The Morgan fingerprint density at radius 3 is 1.73 bits per heavy atom. The molecule has 0 N–H and O–H groups in total. The number of likely N-dealkylation sites (N-methyl/N-ethyl adjacent to an activating group) is 1. The van der Waals surface area contributed by atoms with Crippen LogP contribution < -0.4 is 0 Å². The molecule has 0 aliphatic carbocycles. The van der Waals surface area contributed by atoms with Crippen LogP contribution in [0.5, 0.6) is 0 Å². The van der Waals surface area contributed by atoms with Crippen molar-refractivity contribution in [3.8, 4) is 0 Å². The summed E-state index contributed by atoms with van der Waals surface area (Å²) in [6.45, 7) is 1.26. The lowest BCUT2D eigenvalue weighted by Gasteiger charge is -2.14. The highest BCUT2D eigenvalue weighted by molar-refractivity contribution is 6.66. The maximum atomic E-state index is 11.0. The summed E-state index contributed by atoms with van der Waals surface area (Å²) in [7, 11) is 2.92. The van der Waals surface area contributed by atoms with Crippen molar-refractivity contribution in [2.45, 2.75) is 11.3 Å². The van der Waals surface area contributed by atoms with Crippen molar-refractivity contribution in [3.05, 3.63) is 0 Å². The van der Waals surface area contributed by atoms with Crippen molar-refractivity contribution in [2.24, 2.45) is 0 Å². The van der Waals surface area contributed by atoms with Crippen LogP contribution in [0.2, 0.25) is 0 Å². The fraction of sp³-hybridized carbons (Fsp3) is 0.667. The number of ketones is 1. The number of alkyl halides is 2. The Bertz CT molecular complexity index is 184. The van der Waals surface area contributed by atoms with E-state index in [4.69, 9.17) is 23.2 Å². The average Bonchev–Trinajstić information content (AvgIpc) is 1.82. The molecular formula is C6H9Cl2NO2. The molecule has 64 valence electrons. The number of hydrogen-bond donors (Lipinski definition) is 0. The van der Waals surface area contributed by atoms with Crippen LogP contribution in [-0.2, 0) is 9.59 Å². The number of Topliss-reactive ketones (excluding diaryl/α,β-unsaturated/α-hetero) is 1. The molecule has 0 bridgehead atoms. The molecule has 1 amide bonds. The average molecular weight is 198 g/mol. The lowest BCUT2D eigenvalue weighted by atomic mass is 10.3. The summed E-state index contributed by atoms with van der Waals surface area (Å²) in [6, 6.07) is 0. The second-order valence-electron chi connectivity index (χ2n) is 2.42. The van der Waals surface area contributed by atoms with Gasteiger partial charge in [-0.15, -0.1) is 0 Å². The van der Waals surface area contributed by atoms with E-state index in [1.54, 1.807) is 0 Å². The van der Waals surface area contributed by atoms with Crippen LogP contribution in [0, 0.1) is 0 Å². The molecule has 0 aliphatic heterocycles. The summed E-state index contributed by atoms with van der Waals surface area (Å²) < 4.78 is -1.62. The monoisotopic (exact) mass is 197 g/mol. The molecule has 0 unspecified atom stereocenters. The second-order valence-corrected chi connectivity index (χ2v) is 4.12. The van der Waals surface area contributed by atoms with Crippen LogP contribution in [0.3, 0.4) is 0 Å². The molecule has 0 rings (SSSR count). The topological polar surface area (TPSA) is 37.4 Å². The molecule has 11 heavy (non-hydrogen) atoms. The SMILES string of the molecule is CN(C)C(=O)C(=O)C(C)(Cl)Cl. The number of hydrogen-bond acceptors (Lipinski definition) is 2. The molecule has 0 saturated heterocycles. The van der Waals surface area contributed by atoms with Crippen molar-refractivity contribution in [3.63, 3.8) is 0 Å². The highest BCUT2D eigenvalue weighted by atomic mass is 35.5. The molecule has 0 radical (unpaired) electrons. The summed E-state index contributed by atoms with van der Waals surface area (Å²) in [4.78, 5) is 23.0. The number of nitrogens with zero attached hydrogens (tertiary/aromatic N) is 1. The van der Waals surface area contributed by atoms with Gasteiger partial charge in [-0.25, -0.2) is 0 Å². The summed E-state index contributed by atoms with van der Waals surface area (Å²) in [5.74, 6) is -1.51. The first-order chi connectivity index (χ1) is 4.76. The van der Waals surface area contributed by atoms with E-state index in [9.17, 15) is 9.59 Å². The molecule has 0 saturated carbocycles. The molecule has 0 heterocycles. The number of carbonyl (C=O) groups excluding carboxylic acids is 2. The predicted molar refractivity (Wildman–Crippen MR) is 43.8 cm³/mol. The van der Waals surface area contributed by atoms with E-state index in [1.807, 2.05) is 0 Å². The minimum Gasteiger partial charge on any atom is -0.342 e. The summed E-state index contributed by atoms with van der Waals surface area (Å²) >= 11 is 10.8. The predicted octanol–water partition coefficient (Wildman–Crippen LogP) is 0.837. The minimum absolute atomic E-state index is 0.697. The summed E-state index contributed by atoms with van der Waals surface area (Å²) in [5, 5.41) is 0. The van der Waals surface area contributed by atoms with E-state index in [-0.39, 0.29) is 0 Å². The molecule has 3 nitrogen and oxygen atoms in total. The quantitative estimate of drug-likeness (QED) is 0.487. The normalized spacial score (nSPS) is 11.0. The van der Waals surface area contributed by atoms with E-state index in [0.29, 0.717) is 0 Å². The second kappa shape index (κ2) is 3.41. The molecule has 0 atom stereocenters. The van der Waals surface area contributed by atoms with Gasteiger partial charge < -0.3 is 4.90 Å². The first kappa shape index (κ1) is 10.7. The van der Waals surface area contributed by atoms with E-state index in [2.05, 4.69) is 0 Å². The van der Waals surface area contributed by atoms with Crippen molar-refractivity contribution >= 4 is 34.9 Å². The Hall–Kier alpha value is -0.280. The van der Waals surface area contributed by atoms with Gasteiger partial charge in [0, 0.05) is 14.1 Å². The maximum absolute atomic E-state index is 11.0. The van der Waals surface area contributed by atoms with Crippen LogP contribution >= 0.6 is 23.2 Å². The van der Waals surface area contributed by atoms with Crippen molar-refractivity contribution in [1.29, 1.82) is 0 Å². The minimum atomic E-state index is -1.62. The Labute approximate surface area is 75.3 Å². The van der Waals surface area contributed by atoms with Crippen LogP contribution in [0.1, 0.15) is 6.92 Å². The molecule has 0 aromatic carbocycles. The molecular weight excluding hydrogens is 189 g/mol. The van der Waals surface area contributed by atoms with Gasteiger partial charge in [0.2, 0.25) is 0 Å². The molecule has 0 aromatic rings. The lowest BCUT2D eigenvalue weighted by Crippen LogP contribution is -2.38. The van der Waals surface area contributed by atoms with Crippen molar-refractivity contribution < 1.29 is 9.59 Å². The molecule has 5 heteroatoms. The summed E-state index contributed by atoms with van der Waals surface area (Å²) in [6.07, 6.45) is 0. The van der Waals surface area contributed by atoms with Gasteiger partial charge in [-0.05, 0) is 6.92 Å². The number of rotatable bonds is 2. The van der Waals surface area contributed by atoms with Gasteiger partial charge in [0.1, 0.15) is 0 Å². The van der Waals surface area contributed by atoms with Gasteiger partial charge in [0.15, 0.2) is 4.33 Å². The Morgan fingerprint density at radius 2 is 1.64 bits per heavy atom. The van der Waals surface area contributed by atoms with Gasteiger partial charge in [0.05, 0.1) is 0 Å². The van der Waals surface area contributed by atoms with Crippen LogP contribution in [0.25, 0.3) is 0 Å². The largest absolute Gasteiger partial charge is 0.342 e. The molecule has 0 aliphatic rings. The van der Waals surface area contributed by atoms with Crippen molar-refractivity contribution in [2.75, 3.05) is 14.1 Å². The molecule has 0 fully saturated rings. The van der Waals surface area contributed by atoms with Crippen LogP contribution in [-0.4, -0.2) is 35.0 Å². The Balaban J connectivity index is 4.40. The Kier molecular flexibility index (Phi) is 3.32. The highest BCUT2D eigenvalue weighted by Gasteiger charge is 2.34. The third-order valence-corrected chi connectivity index (χ3v) is 1.34. The third kappa shape index (κ3) is 3.08. The summed E-state index contributed by atoms with van der Waals surface area (Å²) in [5.41, 5.74) is 0. The Morgan fingerprint density at radius 1 is 1.27 bits per heavy atom. The van der Waals surface area contributed by atoms with Crippen molar-refractivity contribution in [1.82, 2.24) is 4.90 Å². The van der Waals surface area contributed by atoms with Crippen LogP contribution in [0.15, 0.2) is 0 Å². The number of amides is 1. The third-order valence-electron chi connectivity index (χ3n) is 0.999. The maximum Gasteiger partial charge on any atom is 0.292 e. The van der Waals surface area contributed by atoms with Gasteiger partial charge in [-0.2, -0.15) is 0 Å². The first-order valence-corrected chi connectivity index (χ1v) is 3.66. The zero-order valence-corrected chi connectivity index (χ0v) is 8.03. The van der Waals surface area contributed by atoms with E-state index in [0.717, 1.165) is 4.90 Å². The zero-order valence-electron chi connectivity index (χ0n) is 6.52. The smallest absolute Gasteiger partial charge is 0.292 e. The van der Waals surface area contributed by atoms with Gasteiger partial charge in [-0.3, -0.25) is 9.59 Å². The zero-order chi connectivity index (χ0) is 9.23. The standard InChI is InChI=1S/C6H9Cl2NO2/c1-6(7,8)4(10)5(11)9(2)3/h1-3H3. The number of halogens is 2.